The molecule has 1 unspecified atom stereocenters. The van der Waals surface area contributed by atoms with Gasteiger partial charge in [-0.05, 0) is 32.1 Å². The Kier molecular flexibility index (Phi) is 20.1. The van der Waals surface area contributed by atoms with Gasteiger partial charge < -0.3 is 9.47 Å². The molecule has 0 radical (unpaired) electrons. The van der Waals surface area contributed by atoms with E-state index in [0.29, 0.717) is 26.2 Å². The van der Waals surface area contributed by atoms with E-state index in [1.807, 2.05) is 0 Å². The highest BCUT2D eigenvalue weighted by molar-refractivity contribution is 5.81. The zero-order valence-corrected chi connectivity index (χ0v) is 22.6. The molecule has 0 spiro atoms. The number of hydrogen-bond acceptors (Lipinski definition) is 4. The Morgan fingerprint density at radius 3 is 1.56 bits per heavy atom. The third-order valence-corrected chi connectivity index (χ3v) is 6.98. The minimum atomic E-state index is -0.469. The van der Waals surface area contributed by atoms with Crippen LogP contribution in [0.4, 0.5) is 4.79 Å². The largest absolute Gasteiger partial charge is 0.464 e. The van der Waals surface area contributed by atoms with Gasteiger partial charge in [0, 0.05) is 6.54 Å². The molecule has 0 aromatic heterocycles. The highest BCUT2D eigenvalue weighted by Gasteiger charge is 2.34. The van der Waals surface area contributed by atoms with Crippen LogP contribution in [0, 0.1) is 0 Å². The third kappa shape index (κ3) is 15.6. The molecule has 5 heteroatoms. The topological polar surface area (TPSA) is 55.8 Å². The fraction of sp³-hybridized carbons (Fsp3) is 0.931. The lowest BCUT2D eigenvalue weighted by molar-refractivity contribution is -0.150. The van der Waals surface area contributed by atoms with E-state index in [-0.39, 0.29) is 12.1 Å². The maximum absolute atomic E-state index is 12.6. The Morgan fingerprint density at radius 2 is 1.06 bits per heavy atom. The minimum Gasteiger partial charge on any atom is -0.464 e. The van der Waals surface area contributed by atoms with Gasteiger partial charge in [-0.2, -0.15) is 0 Å². The van der Waals surface area contributed by atoms with E-state index in [9.17, 15) is 9.59 Å². The summed E-state index contributed by atoms with van der Waals surface area (Å²) in [7, 11) is 0. The van der Waals surface area contributed by atoms with E-state index in [0.717, 1.165) is 38.5 Å². The van der Waals surface area contributed by atoms with Crippen molar-refractivity contribution in [1.82, 2.24) is 4.90 Å². The van der Waals surface area contributed by atoms with Gasteiger partial charge in [0.15, 0.2) is 0 Å². The monoisotopic (exact) mass is 481 g/mol. The highest BCUT2D eigenvalue weighted by Crippen LogP contribution is 2.20. The van der Waals surface area contributed by atoms with Crippen molar-refractivity contribution in [3.63, 3.8) is 0 Å². The van der Waals surface area contributed by atoms with Crippen LogP contribution in [0.1, 0.15) is 149 Å². The molecule has 1 rings (SSSR count). The van der Waals surface area contributed by atoms with Crippen molar-refractivity contribution in [1.29, 1.82) is 0 Å². The lowest BCUT2D eigenvalue weighted by Gasteiger charge is -2.33. The van der Waals surface area contributed by atoms with Crippen molar-refractivity contribution in [2.24, 2.45) is 0 Å². The molecule has 0 bridgehead atoms. The van der Waals surface area contributed by atoms with Crippen LogP contribution < -0.4 is 0 Å². The summed E-state index contributed by atoms with van der Waals surface area (Å²) >= 11 is 0. The maximum Gasteiger partial charge on any atom is 0.410 e. The number of esters is 1. The second-order valence-corrected chi connectivity index (χ2v) is 10.1. The molecule has 1 amide bonds. The van der Waals surface area contributed by atoms with Crippen LogP contribution in [0.15, 0.2) is 0 Å². The Morgan fingerprint density at radius 1 is 0.618 bits per heavy atom. The molecular formula is C29H55NO4. The van der Waals surface area contributed by atoms with Gasteiger partial charge in [-0.15, -0.1) is 0 Å². The second-order valence-electron chi connectivity index (χ2n) is 10.1. The molecule has 0 aromatic rings. The Labute approximate surface area is 210 Å². The first kappa shape index (κ1) is 30.8. The first-order valence-corrected chi connectivity index (χ1v) is 14.8. The molecule has 0 aliphatic carbocycles. The maximum atomic E-state index is 12.6. The number of carbonyl (C=O) groups excluding carboxylic acids is 2. The Bertz CT molecular complexity index is 497. The normalized spacial score (nSPS) is 15.9. The van der Waals surface area contributed by atoms with E-state index in [4.69, 9.17) is 9.47 Å². The molecule has 1 aliphatic heterocycles. The SMILES string of the molecule is CCCCCCCCCCCCCCOC(=O)C1CCCCN1C(=O)OCCCCCCCC. The third-order valence-electron chi connectivity index (χ3n) is 6.98. The number of hydrogen-bond donors (Lipinski definition) is 0. The summed E-state index contributed by atoms with van der Waals surface area (Å²) in [6, 6.07) is -0.469. The van der Waals surface area contributed by atoms with Crippen LogP contribution in [-0.4, -0.2) is 42.8 Å². The average molecular weight is 482 g/mol. The van der Waals surface area contributed by atoms with Crippen molar-refractivity contribution in [2.75, 3.05) is 19.8 Å². The number of ether oxygens (including phenoxy) is 2. The van der Waals surface area contributed by atoms with Crippen molar-refractivity contribution in [3.8, 4) is 0 Å². The molecule has 34 heavy (non-hydrogen) atoms. The van der Waals surface area contributed by atoms with Crippen molar-refractivity contribution >= 4 is 12.1 Å². The van der Waals surface area contributed by atoms with E-state index >= 15 is 0 Å². The molecule has 0 saturated carbocycles. The lowest BCUT2D eigenvalue weighted by Crippen LogP contribution is -2.49. The average Bonchev–Trinajstić information content (AvgIpc) is 2.86. The zero-order valence-electron chi connectivity index (χ0n) is 22.6. The summed E-state index contributed by atoms with van der Waals surface area (Å²) in [5.74, 6) is -0.251. The quantitative estimate of drug-likeness (QED) is 0.122. The van der Waals surface area contributed by atoms with Gasteiger partial charge >= 0.3 is 12.1 Å². The first-order chi connectivity index (χ1) is 16.7. The Hall–Kier alpha value is -1.26. The fourth-order valence-electron chi connectivity index (χ4n) is 4.73. The summed E-state index contributed by atoms with van der Waals surface area (Å²) in [5.41, 5.74) is 0. The Balaban J connectivity index is 2.08. The summed E-state index contributed by atoms with van der Waals surface area (Å²) < 4.78 is 11.0. The number of likely N-dealkylation sites (tertiary alicyclic amines) is 1. The lowest BCUT2D eigenvalue weighted by atomic mass is 10.0. The number of rotatable bonds is 21. The van der Waals surface area contributed by atoms with Gasteiger partial charge in [0.05, 0.1) is 13.2 Å². The van der Waals surface area contributed by atoms with Crippen LogP contribution in [0.25, 0.3) is 0 Å². The van der Waals surface area contributed by atoms with Crippen LogP contribution in [0.2, 0.25) is 0 Å². The molecule has 1 aliphatic rings. The second kappa shape index (κ2) is 22.2. The van der Waals surface area contributed by atoms with Gasteiger partial charge in [0.1, 0.15) is 6.04 Å². The molecule has 0 aromatic carbocycles. The number of unbranched alkanes of at least 4 members (excludes halogenated alkanes) is 16. The molecule has 1 fully saturated rings. The predicted octanol–water partition coefficient (Wildman–Crippen LogP) is 8.58. The molecule has 5 nitrogen and oxygen atoms in total. The molecule has 1 saturated heterocycles. The van der Waals surface area contributed by atoms with E-state index in [2.05, 4.69) is 13.8 Å². The first-order valence-electron chi connectivity index (χ1n) is 14.8. The minimum absolute atomic E-state index is 0.251. The molecule has 200 valence electrons. The van der Waals surface area contributed by atoms with Crippen LogP contribution in [0.5, 0.6) is 0 Å². The summed E-state index contributed by atoms with van der Waals surface area (Å²) in [4.78, 5) is 26.8. The van der Waals surface area contributed by atoms with E-state index in [1.165, 1.54) is 89.9 Å². The number of piperidine rings is 1. The summed E-state index contributed by atoms with van der Waals surface area (Å²) in [6.45, 7) is 5.98. The van der Waals surface area contributed by atoms with Gasteiger partial charge in [-0.3, -0.25) is 4.90 Å². The number of nitrogens with zero attached hydrogens (tertiary/aromatic N) is 1. The smallest absolute Gasteiger partial charge is 0.410 e. The van der Waals surface area contributed by atoms with E-state index < -0.39 is 6.04 Å². The van der Waals surface area contributed by atoms with Crippen molar-refractivity contribution in [3.05, 3.63) is 0 Å². The van der Waals surface area contributed by atoms with Crippen molar-refractivity contribution in [2.45, 2.75) is 155 Å². The van der Waals surface area contributed by atoms with Crippen LogP contribution in [0.3, 0.4) is 0 Å². The standard InChI is InChI=1S/C29H55NO4/c1-3-5-7-9-11-12-13-14-15-16-18-21-25-33-28(31)27-23-19-20-24-30(27)29(32)34-26-22-17-10-8-6-4-2/h27H,3-26H2,1-2H3. The number of carbonyl (C=O) groups is 2. The van der Waals surface area contributed by atoms with Crippen LogP contribution >= 0.6 is 0 Å². The van der Waals surface area contributed by atoms with Crippen LogP contribution in [-0.2, 0) is 14.3 Å². The van der Waals surface area contributed by atoms with Crippen molar-refractivity contribution < 1.29 is 19.1 Å². The number of amides is 1. The molecule has 0 N–H and O–H groups in total. The summed E-state index contributed by atoms with van der Waals surface area (Å²) in [6.07, 6.45) is 24.6. The summed E-state index contributed by atoms with van der Waals surface area (Å²) in [5, 5.41) is 0. The molecule has 1 heterocycles. The van der Waals surface area contributed by atoms with Gasteiger partial charge in [-0.1, -0.05) is 117 Å². The predicted molar refractivity (Wildman–Crippen MR) is 141 cm³/mol. The van der Waals surface area contributed by atoms with E-state index in [1.54, 1.807) is 4.90 Å². The highest BCUT2D eigenvalue weighted by atomic mass is 16.6. The fourth-order valence-corrected chi connectivity index (χ4v) is 4.73. The zero-order chi connectivity index (χ0) is 24.7. The molecule has 1 atom stereocenters. The van der Waals surface area contributed by atoms with Gasteiger partial charge in [0.2, 0.25) is 0 Å². The molecular weight excluding hydrogens is 426 g/mol. The van der Waals surface area contributed by atoms with Gasteiger partial charge in [0.25, 0.3) is 0 Å². The van der Waals surface area contributed by atoms with Gasteiger partial charge in [-0.25, -0.2) is 9.59 Å².